The van der Waals surface area contributed by atoms with Gasteiger partial charge in [-0.05, 0) is 44.2 Å². The summed E-state index contributed by atoms with van der Waals surface area (Å²) in [5, 5.41) is 15.0. The molecule has 0 aromatic heterocycles. The van der Waals surface area contributed by atoms with Crippen molar-refractivity contribution in [2.75, 3.05) is 10.6 Å². The molecule has 2 rings (SSSR count). The molecule has 0 saturated carbocycles. The van der Waals surface area contributed by atoms with Gasteiger partial charge in [0.05, 0.1) is 22.0 Å². The Kier molecular flexibility index (Phi) is 5.68. The molecule has 0 saturated heterocycles. The van der Waals surface area contributed by atoms with Crippen LogP contribution in [0.4, 0.5) is 11.4 Å². The second kappa shape index (κ2) is 7.56. The van der Waals surface area contributed by atoms with Crippen LogP contribution in [0, 0.1) is 16.7 Å². The number of carbonyl (C=O) groups excluding carboxylic acids is 2. The summed E-state index contributed by atoms with van der Waals surface area (Å²) in [6.07, 6.45) is 0. The van der Waals surface area contributed by atoms with Gasteiger partial charge in [-0.3, -0.25) is 9.59 Å². The molecule has 5 nitrogen and oxygen atoms in total. The number of amides is 2. The molecule has 7 heteroatoms. The van der Waals surface area contributed by atoms with Gasteiger partial charge in [-0.1, -0.05) is 35.3 Å². The van der Waals surface area contributed by atoms with Crippen LogP contribution in [0.2, 0.25) is 10.0 Å². The number of anilines is 2. The summed E-state index contributed by atoms with van der Waals surface area (Å²) in [7, 11) is 0. The number of nitriles is 1. The third kappa shape index (κ3) is 4.30. The highest BCUT2D eigenvalue weighted by molar-refractivity contribution is 6.36. The van der Waals surface area contributed by atoms with Crippen molar-refractivity contribution in [3.05, 3.63) is 58.1 Å². The van der Waals surface area contributed by atoms with Crippen LogP contribution in [-0.2, 0) is 9.59 Å². The number of halogens is 2. The molecule has 0 aliphatic heterocycles. The minimum absolute atomic E-state index is 0.309. The van der Waals surface area contributed by atoms with Crippen molar-refractivity contribution in [1.29, 1.82) is 5.26 Å². The fraction of sp³-hybridized carbons (Fsp3) is 0.167. The first kappa shape index (κ1) is 18.8. The Labute approximate surface area is 155 Å². The lowest BCUT2D eigenvalue weighted by molar-refractivity contribution is -0.135. The van der Waals surface area contributed by atoms with E-state index in [2.05, 4.69) is 10.6 Å². The van der Waals surface area contributed by atoms with Gasteiger partial charge in [0, 0.05) is 5.02 Å². The molecule has 2 aromatic rings. The van der Waals surface area contributed by atoms with Crippen LogP contribution in [0.25, 0.3) is 0 Å². The van der Waals surface area contributed by atoms with E-state index < -0.39 is 17.2 Å². The van der Waals surface area contributed by atoms with E-state index in [1.165, 1.54) is 19.9 Å². The zero-order chi connectivity index (χ0) is 18.6. The SMILES string of the molecule is CC(C)(C(=O)Nc1cc(Cl)ccc1Cl)C(=O)Nc1ccccc1C#N. The predicted molar refractivity (Wildman–Crippen MR) is 98.7 cm³/mol. The average Bonchev–Trinajstić information content (AvgIpc) is 2.58. The number of benzene rings is 2. The van der Waals surface area contributed by atoms with Crippen LogP contribution in [0.15, 0.2) is 42.5 Å². The summed E-state index contributed by atoms with van der Waals surface area (Å²) in [5.74, 6) is -1.10. The summed E-state index contributed by atoms with van der Waals surface area (Å²) in [4.78, 5) is 25.1. The zero-order valence-corrected chi connectivity index (χ0v) is 15.1. The molecule has 0 fully saturated rings. The fourth-order valence-corrected chi connectivity index (χ4v) is 2.28. The van der Waals surface area contributed by atoms with E-state index in [0.717, 1.165) is 0 Å². The maximum absolute atomic E-state index is 12.5. The highest BCUT2D eigenvalue weighted by atomic mass is 35.5. The second-order valence-electron chi connectivity index (χ2n) is 5.81. The van der Waals surface area contributed by atoms with Crippen molar-refractivity contribution in [3.8, 4) is 6.07 Å². The minimum atomic E-state index is -1.41. The van der Waals surface area contributed by atoms with E-state index in [-0.39, 0.29) is 0 Å². The Hall–Kier alpha value is -2.55. The maximum atomic E-state index is 12.5. The molecule has 0 heterocycles. The summed E-state index contributed by atoms with van der Waals surface area (Å²) in [6.45, 7) is 2.95. The van der Waals surface area contributed by atoms with Crippen LogP contribution in [-0.4, -0.2) is 11.8 Å². The van der Waals surface area contributed by atoms with E-state index in [1.807, 2.05) is 6.07 Å². The molecule has 0 unspecified atom stereocenters. The first-order valence-electron chi connectivity index (χ1n) is 7.33. The number of para-hydroxylation sites is 1. The van der Waals surface area contributed by atoms with Crippen LogP contribution >= 0.6 is 23.2 Å². The molecule has 0 spiro atoms. The molecule has 25 heavy (non-hydrogen) atoms. The number of hydrogen-bond donors (Lipinski definition) is 2. The first-order chi connectivity index (χ1) is 11.8. The lowest BCUT2D eigenvalue weighted by Gasteiger charge is -2.23. The molecule has 2 N–H and O–H groups in total. The zero-order valence-electron chi connectivity index (χ0n) is 13.6. The predicted octanol–water partition coefficient (Wildman–Crippen LogP) is 4.47. The highest BCUT2D eigenvalue weighted by Crippen LogP contribution is 2.28. The van der Waals surface area contributed by atoms with Crippen LogP contribution in [0.1, 0.15) is 19.4 Å². The molecule has 2 amide bonds. The fourth-order valence-electron chi connectivity index (χ4n) is 1.94. The normalized spacial score (nSPS) is 10.7. The van der Waals surface area contributed by atoms with E-state index in [1.54, 1.807) is 36.4 Å². The lowest BCUT2D eigenvalue weighted by atomic mass is 9.90. The van der Waals surface area contributed by atoms with Gasteiger partial charge in [-0.25, -0.2) is 0 Å². The quantitative estimate of drug-likeness (QED) is 0.773. The Morgan fingerprint density at radius 3 is 2.24 bits per heavy atom. The smallest absolute Gasteiger partial charge is 0.239 e. The number of nitrogens with zero attached hydrogens (tertiary/aromatic N) is 1. The topological polar surface area (TPSA) is 82.0 Å². The van der Waals surface area contributed by atoms with Gasteiger partial charge in [0.1, 0.15) is 11.5 Å². The third-order valence-electron chi connectivity index (χ3n) is 3.61. The van der Waals surface area contributed by atoms with Gasteiger partial charge in [-0.15, -0.1) is 0 Å². The van der Waals surface area contributed by atoms with E-state index in [4.69, 9.17) is 28.5 Å². The molecule has 0 aliphatic carbocycles. The Morgan fingerprint density at radius 2 is 1.60 bits per heavy atom. The van der Waals surface area contributed by atoms with Gasteiger partial charge < -0.3 is 10.6 Å². The Bertz CT molecular complexity index is 873. The summed E-state index contributed by atoms with van der Waals surface area (Å²) in [5.41, 5.74) is -0.437. The van der Waals surface area contributed by atoms with Gasteiger partial charge in [0.2, 0.25) is 11.8 Å². The number of hydrogen-bond acceptors (Lipinski definition) is 3. The summed E-state index contributed by atoms with van der Waals surface area (Å²) in [6, 6.07) is 13.2. The Balaban J connectivity index is 2.19. The largest absolute Gasteiger partial charge is 0.324 e. The molecule has 0 radical (unpaired) electrons. The van der Waals surface area contributed by atoms with Crippen molar-refractivity contribution >= 4 is 46.4 Å². The van der Waals surface area contributed by atoms with Gasteiger partial charge in [0.25, 0.3) is 0 Å². The van der Waals surface area contributed by atoms with Crippen LogP contribution in [0.5, 0.6) is 0 Å². The van der Waals surface area contributed by atoms with Gasteiger partial charge >= 0.3 is 0 Å². The average molecular weight is 376 g/mol. The molecule has 0 bridgehead atoms. The monoisotopic (exact) mass is 375 g/mol. The van der Waals surface area contributed by atoms with E-state index in [9.17, 15) is 9.59 Å². The number of nitrogens with one attached hydrogen (secondary N) is 2. The summed E-state index contributed by atoms with van der Waals surface area (Å²) >= 11 is 11.9. The molecule has 128 valence electrons. The Morgan fingerprint density at radius 1 is 1.00 bits per heavy atom. The van der Waals surface area contributed by atoms with E-state index >= 15 is 0 Å². The minimum Gasteiger partial charge on any atom is -0.324 e. The lowest BCUT2D eigenvalue weighted by Crippen LogP contribution is -2.41. The first-order valence-corrected chi connectivity index (χ1v) is 8.08. The third-order valence-corrected chi connectivity index (χ3v) is 4.17. The maximum Gasteiger partial charge on any atom is 0.239 e. The van der Waals surface area contributed by atoms with Crippen molar-refractivity contribution in [1.82, 2.24) is 0 Å². The van der Waals surface area contributed by atoms with Gasteiger partial charge in [0.15, 0.2) is 0 Å². The van der Waals surface area contributed by atoms with Crippen molar-refractivity contribution in [3.63, 3.8) is 0 Å². The van der Waals surface area contributed by atoms with Crippen molar-refractivity contribution in [2.45, 2.75) is 13.8 Å². The molecule has 0 atom stereocenters. The highest BCUT2D eigenvalue weighted by Gasteiger charge is 2.36. The molecule has 0 aliphatic rings. The van der Waals surface area contributed by atoms with E-state index in [0.29, 0.717) is 27.0 Å². The van der Waals surface area contributed by atoms with Crippen molar-refractivity contribution < 1.29 is 9.59 Å². The summed E-state index contributed by atoms with van der Waals surface area (Å²) < 4.78 is 0. The van der Waals surface area contributed by atoms with Crippen LogP contribution in [0.3, 0.4) is 0 Å². The number of carbonyl (C=O) groups is 2. The standard InChI is InChI=1S/C18H15Cl2N3O2/c1-18(2,16(24)22-14-6-4-3-5-11(14)10-21)17(25)23-15-9-12(19)7-8-13(15)20/h3-9H,1-2H3,(H,22,24)(H,23,25). The van der Waals surface area contributed by atoms with Crippen LogP contribution < -0.4 is 10.6 Å². The van der Waals surface area contributed by atoms with Crippen molar-refractivity contribution in [2.24, 2.45) is 5.41 Å². The molecular formula is C18H15Cl2N3O2. The number of rotatable bonds is 4. The second-order valence-corrected chi connectivity index (χ2v) is 6.66. The molecule has 2 aromatic carbocycles. The molecular weight excluding hydrogens is 361 g/mol. The van der Waals surface area contributed by atoms with Gasteiger partial charge in [-0.2, -0.15) is 5.26 Å².